The Morgan fingerprint density at radius 1 is 1.37 bits per heavy atom. The van der Waals surface area contributed by atoms with Gasteiger partial charge >= 0.3 is 0 Å². The van der Waals surface area contributed by atoms with E-state index in [-0.39, 0.29) is 6.10 Å². The maximum atomic E-state index is 5.63. The van der Waals surface area contributed by atoms with Crippen molar-refractivity contribution in [2.75, 3.05) is 19.7 Å². The van der Waals surface area contributed by atoms with E-state index in [1.54, 1.807) is 11.3 Å². The first kappa shape index (κ1) is 11.6. The Bertz CT molecular complexity index is 565. The highest BCUT2D eigenvalue weighted by molar-refractivity contribution is 7.15. The lowest BCUT2D eigenvalue weighted by Gasteiger charge is -2.20. The number of nitrogens with one attached hydrogen (secondary N) is 1. The molecule has 0 amide bonds. The third-order valence-electron chi connectivity index (χ3n) is 3.61. The highest BCUT2D eigenvalue weighted by Crippen LogP contribution is 2.36. The lowest BCUT2D eigenvalue weighted by atomic mass is 10.2. The lowest BCUT2D eigenvalue weighted by Crippen LogP contribution is -2.33. The molecule has 6 heteroatoms. The standard InChI is InChI=1S/C13H15N3O2S/c1-2-8-6-11(19-10(8)3-1)13-15-12(16-18-13)9-7-14-4-5-17-9/h6,9,14H,1-5,7H2. The zero-order valence-corrected chi connectivity index (χ0v) is 11.3. The van der Waals surface area contributed by atoms with Crippen molar-refractivity contribution in [2.24, 2.45) is 0 Å². The largest absolute Gasteiger partial charge is 0.367 e. The zero-order valence-electron chi connectivity index (χ0n) is 10.5. The van der Waals surface area contributed by atoms with Gasteiger partial charge in [-0.25, -0.2) is 0 Å². The van der Waals surface area contributed by atoms with Crippen LogP contribution in [0.5, 0.6) is 0 Å². The fraction of sp³-hybridized carbons (Fsp3) is 0.538. The summed E-state index contributed by atoms with van der Waals surface area (Å²) in [5, 5.41) is 7.32. The van der Waals surface area contributed by atoms with E-state index >= 15 is 0 Å². The number of aromatic nitrogens is 2. The monoisotopic (exact) mass is 277 g/mol. The van der Waals surface area contributed by atoms with E-state index in [2.05, 4.69) is 21.5 Å². The number of aryl methyl sites for hydroxylation is 2. The average molecular weight is 277 g/mol. The molecule has 19 heavy (non-hydrogen) atoms. The van der Waals surface area contributed by atoms with Crippen LogP contribution in [-0.2, 0) is 17.6 Å². The molecule has 1 N–H and O–H groups in total. The maximum absolute atomic E-state index is 5.63. The van der Waals surface area contributed by atoms with Crippen molar-refractivity contribution in [2.45, 2.75) is 25.4 Å². The Morgan fingerprint density at radius 2 is 2.37 bits per heavy atom. The molecule has 1 fully saturated rings. The van der Waals surface area contributed by atoms with Crippen LogP contribution in [0.4, 0.5) is 0 Å². The Kier molecular flexibility index (Phi) is 2.86. The van der Waals surface area contributed by atoms with Gasteiger partial charge in [-0.2, -0.15) is 4.98 Å². The molecule has 0 bridgehead atoms. The van der Waals surface area contributed by atoms with Crippen LogP contribution in [0, 0.1) is 0 Å². The number of fused-ring (bicyclic) bond motifs is 1. The Hall–Kier alpha value is -1.24. The van der Waals surface area contributed by atoms with Crippen molar-refractivity contribution in [3.63, 3.8) is 0 Å². The molecule has 0 spiro atoms. The number of nitrogens with zero attached hydrogens (tertiary/aromatic N) is 2. The molecule has 2 aromatic rings. The van der Waals surface area contributed by atoms with Crippen molar-refractivity contribution in [3.8, 4) is 10.8 Å². The van der Waals surface area contributed by atoms with Gasteiger partial charge in [0.25, 0.3) is 5.89 Å². The smallest absolute Gasteiger partial charge is 0.268 e. The Labute approximate surface area is 115 Å². The molecule has 1 aliphatic carbocycles. The lowest BCUT2D eigenvalue weighted by molar-refractivity contribution is 0.0208. The number of hydrogen-bond donors (Lipinski definition) is 1. The van der Waals surface area contributed by atoms with Crippen molar-refractivity contribution < 1.29 is 9.26 Å². The van der Waals surface area contributed by atoms with E-state index < -0.39 is 0 Å². The van der Waals surface area contributed by atoms with Crippen LogP contribution in [0.25, 0.3) is 10.8 Å². The van der Waals surface area contributed by atoms with Gasteiger partial charge in [0.1, 0.15) is 6.10 Å². The number of morpholine rings is 1. The average Bonchev–Trinajstić information content (AvgIpc) is 3.14. The summed E-state index contributed by atoms with van der Waals surface area (Å²) >= 11 is 1.78. The molecule has 4 rings (SSSR count). The van der Waals surface area contributed by atoms with Crippen LogP contribution >= 0.6 is 11.3 Å². The van der Waals surface area contributed by atoms with E-state index in [1.165, 1.54) is 29.7 Å². The van der Waals surface area contributed by atoms with E-state index in [4.69, 9.17) is 9.26 Å². The minimum Gasteiger partial charge on any atom is -0.367 e. The van der Waals surface area contributed by atoms with Crippen LogP contribution < -0.4 is 5.32 Å². The van der Waals surface area contributed by atoms with E-state index in [9.17, 15) is 0 Å². The molecule has 1 aliphatic heterocycles. The van der Waals surface area contributed by atoms with Gasteiger partial charge in [0, 0.05) is 18.0 Å². The number of rotatable bonds is 2. The van der Waals surface area contributed by atoms with Gasteiger partial charge in [-0.15, -0.1) is 11.3 Å². The van der Waals surface area contributed by atoms with Gasteiger partial charge in [-0.05, 0) is 30.9 Å². The van der Waals surface area contributed by atoms with E-state index in [0.29, 0.717) is 18.3 Å². The van der Waals surface area contributed by atoms with Crippen LogP contribution in [0.15, 0.2) is 10.6 Å². The Morgan fingerprint density at radius 3 is 3.21 bits per heavy atom. The summed E-state index contributed by atoms with van der Waals surface area (Å²) in [6.45, 7) is 2.33. The second kappa shape index (κ2) is 4.70. The third kappa shape index (κ3) is 2.09. The minimum atomic E-state index is -0.0851. The summed E-state index contributed by atoms with van der Waals surface area (Å²) in [5.41, 5.74) is 1.45. The normalized spacial score (nSPS) is 22.6. The molecule has 2 aromatic heterocycles. The van der Waals surface area contributed by atoms with Gasteiger partial charge in [0.05, 0.1) is 11.5 Å². The fourth-order valence-electron chi connectivity index (χ4n) is 2.63. The third-order valence-corrected chi connectivity index (χ3v) is 4.84. The highest BCUT2D eigenvalue weighted by Gasteiger charge is 2.23. The summed E-state index contributed by atoms with van der Waals surface area (Å²) in [5.74, 6) is 1.28. The topological polar surface area (TPSA) is 60.2 Å². The second-order valence-corrected chi connectivity index (χ2v) is 6.07. The van der Waals surface area contributed by atoms with Crippen molar-refractivity contribution in [1.82, 2.24) is 15.5 Å². The predicted molar refractivity (Wildman–Crippen MR) is 71.2 cm³/mol. The molecule has 0 radical (unpaired) electrons. The summed E-state index contributed by atoms with van der Waals surface area (Å²) in [6.07, 6.45) is 3.56. The molecule has 0 saturated carbocycles. The van der Waals surface area contributed by atoms with Crippen LogP contribution in [0.1, 0.15) is 28.8 Å². The molecule has 3 heterocycles. The summed E-state index contributed by atoms with van der Waals surface area (Å²) in [6, 6.07) is 2.20. The molecule has 0 aromatic carbocycles. The summed E-state index contributed by atoms with van der Waals surface area (Å²) < 4.78 is 11.0. The SMILES string of the molecule is c1c(-c2nc(C3CNCCO3)no2)sc2c1CCC2. The quantitative estimate of drug-likeness (QED) is 0.909. The highest BCUT2D eigenvalue weighted by atomic mass is 32.1. The minimum absolute atomic E-state index is 0.0851. The first-order chi connectivity index (χ1) is 9.40. The summed E-state index contributed by atoms with van der Waals surface area (Å²) in [7, 11) is 0. The van der Waals surface area contributed by atoms with Crippen molar-refractivity contribution in [3.05, 3.63) is 22.3 Å². The predicted octanol–water partition coefficient (Wildman–Crippen LogP) is 1.95. The molecule has 100 valence electrons. The van der Waals surface area contributed by atoms with Crippen LogP contribution in [0.3, 0.4) is 0 Å². The van der Waals surface area contributed by atoms with Crippen LogP contribution in [-0.4, -0.2) is 29.8 Å². The molecule has 1 saturated heterocycles. The number of ether oxygens (including phenoxy) is 1. The van der Waals surface area contributed by atoms with Gasteiger partial charge in [-0.1, -0.05) is 5.16 Å². The maximum Gasteiger partial charge on any atom is 0.268 e. The fourth-order valence-corrected chi connectivity index (χ4v) is 3.81. The molecular weight excluding hydrogens is 262 g/mol. The molecule has 1 unspecified atom stereocenters. The molecular formula is C13H15N3O2S. The van der Waals surface area contributed by atoms with E-state index in [0.717, 1.165) is 18.0 Å². The molecule has 5 nitrogen and oxygen atoms in total. The Balaban J connectivity index is 1.59. The molecule has 2 aliphatic rings. The second-order valence-electron chi connectivity index (χ2n) is 4.93. The zero-order chi connectivity index (χ0) is 12.7. The van der Waals surface area contributed by atoms with Gasteiger partial charge in [0.15, 0.2) is 0 Å². The summed E-state index contributed by atoms with van der Waals surface area (Å²) in [4.78, 5) is 7.05. The van der Waals surface area contributed by atoms with Crippen LogP contribution in [0.2, 0.25) is 0 Å². The van der Waals surface area contributed by atoms with Gasteiger partial charge in [0.2, 0.25) is 5.82 Å². The number of thiophene rings is 1. The first-order valence-corrected chi connectivity index (χ1v) is 7.50. The first-order valence-electron chi connectivity index (χ1n) is 6.68. The van der Waals surface area contributed by atoms with Gasteiger partial charge < -0.3 is 14.6 Å². The van der Waals surface area contributed by atoms with Crippen molar-refractivity contribution >= 4 is 11.3 Å². The molecule has 1 atom stereocenters. The van der Waals surface area contributed by atoms with E-state index in [1.807, 2.05) is 0 Å². The van der Waals surface area contributed by atoms with Crippen molar-refractivity contribution in [1.29, 1.82) is 0 Å². The van der Waals surface area contributed by atoms with Gasteiger partial charge in [-0.3, -0.25) is 0 Å². The number of hydrogen-bond acceptors (Lipinski definition) is 6.